The molecule has 0 bridgehead atoms. The summed E-state index contributed by atoms with van der Waals surface area (Å²) >= 11 is 0. The number of para-hydroxylation sites is 1. The zero-order valence-corrected chi connectivity index (χ0v) is 8.97. The zero-order valence-electron chi connectivity index (χ0n) is 8.97. The highest BCUT2D eigenvalue weighted by Gasteiger charge is 2.06. The van der Waals surface area contributed by atoms with Gasteiger partial charge >= 0.3 is 0 Å². The van der Waals surface area contributed by atoms with Gasteiger partial charge in [-0.3, -0.25) is 4.68 Å². The molecule has 15 heavy (non-hydrogen) atoms. The van der Waals surface area contributed by atoms with E-state index in [1.165, 1.54) is 0 Å². The van der Waals surface area contributed by atoms with Crippen LogP contribution in [0.1, 0.15) is 6.92 Å². The maximum atomic E-state index is 5.56. The lowest BCUT2D eigenvalue weighted by Crippen LogP contribution is -1.93. The van der Waals surface area contributed by atoms with Gasteiger partial charge in [0.15, 0.2) is 0 Å². The van der Waals surface area contributed by atoms with Crippen LogP contribution in [0.5, 0.6) is 5.75 Å². The molecule has 0 aliphatic carbocycles. The number of ether oxygens (including phenoxy) is 1. The molecule has 1 heterocycles. The van der Waals surface area contributed by atoms with E-state index in [9.17, 15) is 0 Å². The van der Waals surface area contributed by atoms with Gasteiger partial charge in [-0.2, -0.15) is 5.10 Å². The van der Waals surface area contributed by atoms with E-state index in [2.05, 4.69) is 5.10 Å². The average Bonchev–Trinajstić information content (AvgIpc) is 2.66. The van der Waals surface area contributed by atoms with Gasteiger partial charge in [-0.1, -0.05) is 18.2 Å². The van der Waals surface area contributed by atoms with Crippen molar-refractivity contribution in [1.29, 1.82) is 0 Å². The number of aromatic nitrogens is 2. The quantitative estimate of drug-likeness (QED) is 0.764. The number of rotatable bonds is 3. The Morgan fingerprint density at radius 1 is 1.33 bits per heavy atom. The second-order valence-corrected chi connectivity index (χ2v) is 3.33. The van der Waals surface area contributed by atoms with Crippen LogP contribution in [-0.2, 0) is 7.05 Å². The molecule has 0 aliphatic heterocycles. The molecule has 0 aliphatic rings. The number of benzene rings is 1. The fourth-order valence-electron chi connectivity index (χ4n) is 1.55. The summed E-state index contributed by atoms with van der Waals surface area (Å²) in [4.78, 5) is 0. The number of nitrogens with zero attached hydrogens (tertiary/aromatic N) is 2. The van der Waals surface area contributed by atoms with Gasteiger partial charge in [-0.25, -0.2) is 0 Å². The molecule has 0 saturated heterocycles. The Morgan fingerprint density at radius 3 is 2.80 bits per heavy atom. The molecular formula is C12H14N2O. The lowest BCUT2D eigenvalue weighted by atomic mass is 10.1. The van der Waals surface area contributed by atoms with E-state index in [0.29, 0.717) is 6.61 Å². The fourth-order valence-corrected chi connectivity index (χ4v) is 1.55. The Morgan fingerprint density at radius 2 is 2.13 bits per heavy atom. The van der Waals surface area contributed by atoms with Gasteiger partial charge in [0, 0.05) is 24.4 Å². The number of aryl methyl sites for hydroxylation is 1. The minimum absolute atomic E-state index is 0.678. The summed E-state index contributed by atoms with van der Waals surface area (Å²) in [6, 6.07) is 8.00. The Balaban J connectivity index is 2.42. The summed E-state index contributed by atoms with van der Waals surface area (Å²) in [6.07, 6.45) is 3.83. The molecule has 3 nitrogen and oxygen atoms in total. The van der Waals surface area contributed by atoms with E-state index in [0.717, 1.165) is 16.9 Å². The SMILES string of the molecule is CCOc1ccccc1-c1cnn(C)c1. The minimum atomic E-state index is 0.678. The van der Waals surface area contributed by atoms with Gasteiger partial charge in [0.2, 0.25) is 0 Å². The molecule has 0 spiro atoms. The number of hydrogen-bond acceptors (Lipinski definition) is 2. The van der Waals surface area contributed by atoms with E-state index in [4.69, 9.17) is 4.74 Å². The maximum Gasteiger partial charge on any atom is 0.127 e. The van der Waals surface area contributed by atoms with Crippen LogP contribution in [0.15, 0.2) is 36.7 Å². The smallest absolute Gasteiger partial charge is 0.127 e. The van der Waals surface area contributed by atoms with E-state index in [1.807, 2.05) is 50.6 Å². The predicted octanol–water partition coefficient (Wildman–Crippen LogP) is 2.49. The van der Waals surface area contributed by atoms with Crippen LogP contribution in [0.4, 0.5) is 0 Å². The Hall–Kier alpha value is -1.77. The monoisotopic (exact) mass is 202 g/mol. The first-order valence-corrected chi connectivity index (χ1v) is 5.02. The van der Waals surface area contributed by atoms with Gasteiger partial charge in [-0.15, -0.1) is 0 Å². The number of hydrogen-bond donors (Lipinski definition) is 0. The second kappa shape index (κ2) is 4.17. The maximum absolute atomic E-state index is 5.56. The van der Waals surface area contributed by atoms with Crippen LogP contribution >= 0.6 is 0 Å². The summed E-state index contributed by atoms with van der Waals surface area (Å²) in [5, 5.41) is 4.16. The molecule has 0 atom stereocenters. The normalized spacial score (nSPS) is 10.3. The van der Waals surface area contributed by atoms with Crippen LogP contribution in [0.2, 0.25) is 0 Å². The standard InChI is InChI=1S/C12H14N2O/c1-3-15-12-7-5-4-6-11(12)10-8-13-14(2)9-10/h4-9H,3H2,1-2H3. The highest BCUT2D eigenvalue weighted by Crippen LogP contribution is 2.28. The topological polar surface area (TPSA) is 27.1 Å². The zero-order chi connectivity index (χ0) is 10.7. The predicted molar refractivity (Wildman–Crippen MR) is 59.8 cm³/mol. The van der Waals surface area contributed by atoms with Crippen molar-refractivity contribution in [3.63, 3.8) is 0 Å². The largest absolute Gasteiger partial charge is 0.493 e. The summed E-state index contributed by atoms with van der Waals surface area (Å²) in [7, 11) is 1.91. The van der Waals surface area contributed by atoms with Crippen molar-refractivity contribution in [2.45, 2.75) is 6.92 Å². The molecule has 2 rings (SSSR count). The third kappa shape index (κ3) is 2.01. The summed E-state index contributed by atoms with van der Waals surface area (Å²) in [5.41, 5.74) is 2.18. The van der Waals surface area contributed by atoms with Gasteiger partial charge < -0.3 is 4.74 Å². The van der Waals surface area contributed by atoms with E-state index < -0.39 is 0 Å². The molecule has 0 unspecified atom stereocenters. The van der Waals surface area contributed by atoms with Crippen LogP contribution in [-0.4, -0.2) is 16.4 Å². The van der Waals surface area contributed by atoms with E-state index in [-0.39, 0.29) is 0 Å². The first-order valence-electron chi connectivity index (χ1n) is 5.02. The highest BCUT2D eigenvalue weighted by molar-refractivity contribution is 5.69. The summed E-state index contributed by atoms with van der Waals surface area (Å²) in [5.74, 6) is 0.910. The minimum Gasteiger partial charge on any atom is -0.493 e. The summed E-state index contributed by atoms with van der Waals surface area (Å²) in [6.45, 7) is 2.66. The molecule has 0 radical (unpaired) electrons. The van der Waals surface area contributed by atoms with Crippen LogP contribution in [0, 0.1) is 0 Å². The molecule has 0 saturated carbocycles. The van der Waals surface area contributed by atoms with E-state index in [1.54, 1.807) is 4.68 Å². The van der Waals surface area contributed by atoms with Gasteiger partial charge in [0.1, 0.15) is 5.75 Å². The Labute approximate surface area is 89.3 Å². The van der Waals surface area contributed by atoms with Crippen molar-refractivity contribution < 1.29 is 4.74 Å². The molecule has 1 aromatic heterocycles. The highest BCUT2D eigenvalue weighted by atomic mass is 16.5. The average molecular weight is 202 g/mol. The van der Waals surface area contributed by atoms with Crippen molar-refractivity contribution in [1.82, 2.24) is 9.78 Å². The second-order valence-electron chi connectivity index (χ2n) is 3.33. The third-order valence-electron chi connectivity index (χ3n) is 2.20. The molecule has 2 aromatic rings. The van der Waals surface area contributed by atoms with Crippen molar-refractivity contribution in [2.75, 3.05) is 6.61 Å². The van der Waals surface area contributed by atoms with Crippen LogP contribution < -0.4 is 4.74 Å². The Bertz CT molecular complexity index is 448. The molecule has 0 N–H and O–H groups in total. The molecule has 78 valence electrons. The van der Waals surface area contributed by atoms with Crippen molar-refractivity contribution in [3.8, 4) is 16.9 Å². The van der Waals surface area contributed by atoms with Crippen LogP contribution in [0.25, 0.3) is 11.1 Å². The lowest BCUT2D eigenvalue weighted by molar-refractivity contribution is 0.341. The fraction of sp³-hybridized carbons (Fsp3) is 0.250. The molecular weight excluding hydrogens is 188 g/mol. The van der Waals surface area contributed by atoms with Crippen molar-refractivity contribution >= 4 is 0 Å². The molecule has 0 amide bonds. The van der Waals surface area contributed by atoms with E-state index >= 15 is 0 Å². The molecule has 0 fully saturated rings. The summed E-state index contributed by atoms with van der Waals surface area (Å²) < 4.78 is 7.35. The molecule has 3 heteroatoms. The first kappa shape index (κ1) is 9.77. The van der Waals surface area contributed by atoms with Crippen molar-refractivity contribution in [3.05, 3.63) is 36.7 Å². The van der Waals surface area contributed by atoms with Gasteiger partial charge in [-0.05, 0) is 13.0 Å². The first-order chi connectivity index (χ1) is 7.31. The molecule has 1 aromatic carbocycles. The Kier molecular flexibility index (Phi) is 2.72. The lowest BCUT2D eigenvalue weighted by Gasteiger charge is -2.07. The van der Waals surface area contributed by atoms with Gasteiger partial charge in [0.25, 0.3) is 0 Å². The van der Waals surface area contributed by atoms with Gasteiger partial charge in [0.05, 0.1) is 12.8 Å². The van der Waals surface area contributed by atoms with Crippen molar-refractivity contribution in [2.24, 2.45) is 7.05 Å². The third-order valence-corrected chi connectivity index (χ3v) is 2.20. The van der Waals surface area contributed by atoms with Crippen LogP contribution in [0.3, 0.4) is 0 Å².